The molecule has 1 aliphatic rings. The number of nitrogens with zero attached hydrogens (tertiary/aromatic N) is 1. The van der Waals surface area contributed by atoms with Crippen LogP contribution in [-0.2, 0) is 19.4 Å². The Morgan fingerprint density at radius 3 is 2.80 bits per heavy atom. The van der Waals surface area contributed by atoms with Crippen LogP contribution in [-0.4, -0.2) is 16.7 Å². The number of aromatic nitrogens is 2. The van der Waals surface area contributed by atoms with Crippen molar-refractivity contribution in [3.05, 3.63) is 27.2 Å². The molecule has 2 N–H and O–H groups in total. The van der Waals surface area contributed by atoms with Crippen molar-refractivity contribution in [3.8, 4) is 0 Å². The third-order valence-corrected chi connectivity index (χ3v) is 2.93. The lowest BCUT2D eigenvalue weighted by molar-refractivity contribution is 0.628. The quantitative estimate of drug-likeness (QED) is 0.769. The molecular weight excluding hydrogens is 190 g/mol. The van der Waals surface area contributed by atoms with E-state index in [-0.39, 0.29) is 5.56 Å². The zero-order valence-corrected chi connectivity index (χ0v) is 9.10. The van der Waals surface area contributed by atoms with Crippen molar-refractivity contribution in [2.75, 3.05) is 6.54 Å². The molecule has 0 atom stereocenters. The topological polar surface area (TPSA) is 57.8 Å². The molecule has 0 saturated carbocycles. The molecule has 82 valence electrons. The first-order chi connectivity index (χ1) is 7.33. The molecule has 15 heavy (non-hydrogen) atoms. The van der Waals surface area contributed by atoms with Gasteiger partial charge in [0.1, 0.15) is 0 Å². The summed E-state index contributed by atoms with van der Waals surface area (Å²) in [7, 11) is 0. The van der Waals surface area contributed by atoms with E-state index in [1.165, 1.54) is 12.0 Å². The Bertz CT molecular complexity index is 397. The van der Waals surface area contributed by atoms with Crippen LogP contribution < -0.4 is 10.9 Å². The number of aromatic amines is 1. The lowest BCUT2D eigenvalue weighted by Crippen LogP contribution is -2.25. The van der Waals surface area contributed by atoms with Crippen LogP contribution in [0.25, 0.3) is 0 Å². The number of hydrogen-bond acceptors (Lipinski definition) is 3. The third-order valence-electron chi connectivity index (χ3n) is 2.93. The molecule has 1 heterocycles. The summed E-state index contributed by atoms with van der Waals surface area (Å²) in [6.07, 6.45) is 4.22. The van der Waals surface area contributed by atoms with Gasteiger partial charge in [0, 0.05) is 12.1 Å². The van der Waals surface area contributed by atoms with Gasteiger partial charge < -0.3 is 5.32 Å². The van der Waals surface area contributed by atoms with Crippen molar-refractivity contribution >= 4 is 0 Å². The molecular formula is C11H17N3O. The van der Waals surface area contributed by atoms with Crippen LogP contribution in [0.2, 0.25) is 0 Å². The third kappa shape index (κ3) is 2.09. The highest BCUT2D eigenvalue weighted by Gasteiger charge is 2.16. The number of nitrogens with one attached hydrogen (secondary N) is 2. The average molecular weight is 207 g/mol. The van der Waals surface area contributed by atoms with Crippen LogP contribution in [0.5, 0.6) is 0 Å². The Morgan fingerprint density at radius 1 is 1.33 bits per heavy atom. The maximum absolute atomic E-state index is 11.6. The minimum absolute atomic E-state index is 0.00458. The van der Waals surface area contributed by atoms with E-state index in [4.69, 9.17) is 0 Å². The smallest absolute Gasteiger partial charge is 0.267 e. The van der Waals surface area contributed by atoms with Gasteiger partial charge in [-0.05, 0) is 37.8 Å². The molecule has 4 nitrogen and oxygen atoms in total. The summed E-state index contributed by atoms with van der Waals surface area (Å²) in [6.45, 7) is 3.75. The molecule has 2 rings (SSSR count). The molecule has 1 aromatic heterocycles. The average Bonchev–Trinajstić information content (AvgIpc) is 2.29. The summed E-state index contributed by atoms with van der Waals surface area (Å²) in [5.41, 5.74) is 3.17. The van der Waals surface area contributed by atoms with E-state index in [0.29, 0.717) is 0 Å². The molecule has 0 aromatic carbocycles. The van der Waals surface area contributed by atoms with Gasteiger partial charge in [-0.1, -0.05) is 6.92 Å². The van der Waals surface area contributed by atoms with Crippen LogP contribution in [0.1, 0.15) is 36.6 Å². The summed E-state index contributed by atoms with van der Waals surface area (Å²) in [6, 6.07) is 0. The van der Waals surface area contributed by atoms with Crippen LogP contribution in [0, 0.1) is 0 Å². The number of H-pyrrole nitrogens is 1. The van der Waals surface area contributed by atoms with Crippen molar-refractivity contribution < 1.29 is 0 Å². The molecule has 4 heteroatoms. The summed E-state index contributed by atoms with van der Waals surface area (Å²) in [5, 5.41) is 9.97. The monoisotopic (exact) mass is 207 g/mol. The van der Waals surface area contributed by atoms with E-state index in [1.807, 2.05) is 0 Å². The first kappa shape index (κ1) is 10.4. The maximum Gasteiger partial charge on any atom is 0.267 e. The van der Waals surface area contributed by atoms with Crippen molar-refractivity contribution in [1.29, 1.82) is 0 Å². The molecule has 0 fully saturated rings. The summed E-state index contributed by atoms with van der Waals surface area (Å²) in [4.78, 5) is 11.6. The molecule has 0 radical (unpaired) electrons. The van der Waals surface area contributed by atoms with Crippen molar-refractivity contribution in [3.63, 3.8) is 0 Å². The van der Waals surface area contributed by atoms with Gasteiger partial charge in [0.25, 0.3) is 5.56 Å². The standard InChI is InChI=1S/C11H17N3O/c1-2-12-7-10-8-5-3-4-6-9(8)11(15)14-13-10/h12H,2-7H2,1H3,(H,14,15). The second-order valence-electron chi connectivity index (χ2n) is 3.94. The normalized spacial score (nSPS) is 15.0. The molecule has 1 aliphatic carbocycles. The highest BCUT2D eigenvalue weighted by molar-refractivity contribution is 5.30. The Kier molecular flexibility index (Phi) is 3.16. The van der Waals surface area contributed by atoms with Gasteiger partial charge in [0.15, 0.2) is 0 Å². The molecule has 0 unspecified atom stereocenters. The highest BCUT2D eigenvalue weighted by atomic mass is 16.1. The van der Waals surface area contributed by atoms with Gasteiger partial charge in [-0.25, -0.2) is 5.10 Å². The van der Waals surface area contributed by atoms with Crippen molar-refractivity contribution in [1.82, 2.24) is 15.5 Å². The molecule has 0 aliphatic heterocycles. The Balaban J connectivity index is 2.35. The second kappa shape index (κ2) is 4.57. The van der Waals surface area contributed by atoms with Crippen LogP contribution in [0.15, 0.2) is 4.79 Å². The zero-order valence-electron chi connectivity index (χ0n) is 9.10. The van der Waals surface area contributed by atoms with E-state index in [0.717, 1.165) is 43.6 Å². The Hall–Kier alpha value is -1.16. The van der Waals surface area contributed by atoms with Gasteiger partial charge in [0.05, 0.1) is 5.69 Å². The first-order valence-corrected chi connectivity index (χ1v) is 5.63. The van der Waals surface area contributed by atoms with Gasteiger partial charge >= 0.3 is 0 Å². The fourth-order valence-corrected chi connectivity index (χ4v) is 2.12. The predicted molar refractivity (Wildman–Crippen MR) is 58.9 cm³/mol. The zero-order chi connectivity index (χ0) is 10.7. The fourth-order valence-electron chi connectivity index (χ4n) is 2.12. The molecule has 0 saturated heterocycles. The number of hydrogen-bond donors (Lipinski definition) is 2. The predicted octanol–water partition coefficient (Wildman–Crippen LogP) is 0.758. The van der Waals surface area contributed by atoms with E-state index in [1.54, 1.807) is 0 Å². The van der Waals surface area contributed by atoms with Gasteiger partial charge in [-0.2, -0.15) is 5.10 Å². The molecule has 0 bridgehead atoms. The largest absolute Gasteiger partial charge is 0.311 e. The van der Waals surface area contributed by atoms with Crippen LogP contribution >= 0.6 is 0 Å². The van der Waals surface area contributed by atoms with E-state index in [2.05, 4.69) is 22.4 Å². The van der Waals surface area contributed by atoms with Gasteiger partial charge in [-0.3, -0.25) is 4.79 Å². The molecule has 1 aromatic rings. The second-order valence-corrected chi connectivity index (χ2v) is 3.94. The SMILES string of the molecule is CCNCc1n[nH]c(=O)c2c1CCCC2. The number of rotatable bonds is 3. The molecule has 0 amide bonds. The number of fused-ring (bicyclic) bond motifs is 1. The highest BCUT2D eigenvalue weighted by Crippen LogP contribution is 2.19. The lowest BCUT2D eigenvalue weighted by Gasteiger charge is -2.17. The summed E-state index contributed by atoms with van der Waals surface area (Å²) >= 11 is 0. The van der Waals surface area contributed by atoms with Crippen molar-refractivity contribution in [2.45, 2.75) is 39.2 Å². The first-order valence-electron chi connectivity index (χ1n) is 5.63. The Labute approximate surface area is 89.1 Å². The Morgan fingerprint density at radius 2 is 2.07 bits per heavy atom. The van der Waals surface area contributed by atoms with E-state index in [9.17, 15) is 4.79 Å². The van der Waals surface area contributed by atoms with E-state index < -0.39 is 0 Å². The minimum atomic E-state index is 0.00458. The van der Waals surface area contributed by atoms with Crippen LogP contribution in [0.3, 0.4) is 0 Å². The van der Waals surface area contributed by atoms with Gasteiger partial charge in [-0.15, -0.1) is 0 Å². The lowest BCUT2D eigenvalue weighted by atomic mass is 9.92. The van der Waals surface area contributed by atoms with Gasteiger partial charge in [0.2, 0.25) is 0 Å². The molecule has 0 spiro atoms. The maximum atomic E-state index is 11.6. The summed E-state index contributed by atoms with van der Waals surface area (Å²) in [5.74, 6) is 0. The van der Waals surface area contributed by atoms with E-state index >= 15 is 0 Å². The summed E-state index contributed by atoms with van der Waals surface area (Å²) < 4.78 is 0. The van der Waals surface area contributed by atoms with Crippen LogP contribution in [0.4, 0.5) is 0 Å². The fraction of sp³-hybridized carbons (Fsp3) is 0.636. The van der Waals surface area contributed by atoms with Crippen molar-refractivity contribution in [2.24, 2.45) is 0 Å². The minimum Gasteiger partial charge on any atom is -0.311 e.